The molecule has 0 rings (SSSR count). The van der Waals surface area contributed by atoms with Gasteiger partial charge in [0.05, 0.1) is 6.61 Å². The normalized spacial score (nSPS) is 11.9. The van der Waals surface area contributed by atoms with Crippen molar-refractivity contribution in [2.45, 2.75) is 26.2 Å². The van der Waals surface area contributed by atoms with Gasteiger partial charge < -0.3 is 4.52 Å². The van der Waals surface area contributed by atoms with E-state index in [0.29, 0.717) is 6.61 Å². The Morgan fingerprint density at radius 2 is 1.90 bits per heavy atom. The lowest BCUT2D eigenvalue weighted by atomic mass is 10.3. The van der Waals surface area contributed by atoms with Crippen molar-refractivity contribution in [2.75, 3.05) is 19.9 Å². The van der Waals surface area contributed by atoms with Crippen LogP contribution in [0, 0.1) is 0 Å². The summed E-state index contributed by atoms with van der Waals surface area (Å²) < 4.78 is 16.0. The molecule has 0 amide bonds. The van der Waals surface area contributed by atoms with Gasteiger partial charge in [-0.15, -0.1) is 0 Å². The largest absolute Gasteiger partial charge is 0.329 e. The van der Waals surface area contributed by atoms with Crippen molar-refractivity contribution in [3.05, 3.63) is 0 Å². The fourth-order valence-electron chi connectivity index (χ4n) is 0.636. The standard InChI is InChI=1S/C7H17O2P/c1-4-5-6-7-9-10(2,3)8/h4-7H2,1-3H3. The monoisotopic (exact) mass is 164 g/mol. The highest BCUT2D eigenvalue weighted by atomic mass is 31.2. The average molecular weight is 164 g/mol. The molecule has 2 nitrogen and oxygen atoms in total. The Labute approximate surface area is 63.4 Å². The first-order valence-corrected chi connectivity index (χ1v) is 6.27. The van der Waals surface area contributed by atoms with Crippen molar-refractivity contribution in [3.8, 4) is 0 Å². The molecule has 0 heterocycles. The second-order valence-electron chi connectivity index (χ2n) is 2.79. The Morgan fingerprint density at radius 3 is 2.30 bits per heavy atom. The van der Waals surface area contributed by atoms with Gasteiger partial charge in [-0.1, -0.05) is 19.8 Å². The van der Waals surface area contributed by atoms with Crippen LogP contribution in [0.4, 0.5) is 0 Å². The smallest absolute Gasteiger partial charge is 0.197 e. The van der Waals surface area contributed by atoms with E-state index in [0.717, 1.165) is 6.42 Å². The molecule has 3 heteroatoms. The summed E-state index contributed by atoms with van der Waals surface area (Å²) in [7, 11) is -2.21. The van der Waals surface area contributed by atoms with Crippen LogP contribution in [-0.4, -0.2) is 19.9 Å². The van der Waals surface area contributed by atoms with Gasteiger partial charge in [0.15, 0.2) is 7.37 Å². The Balaban J connectivity index is 3.13. The van der Waals surface area contributed by atoms with E-state index in [1.165, 1.54) is 12.8 Å². The summed E-state index contributed by atoms with van der Waals surface area (Å²) in [6.07, 6.45) is 3.38. The van der Waals surface area contributed by atoms with Crippen LogP contribution >= 0.6 is 7.37 Å². The highest BCUT2D eigenvalue weighted by Gasteiger charge is 2.04. The SMILES string of the molecule is CCCCCOP(C)(C)=O. The first-order chi connectivity index (χ1) is 4.56. The third-order valence-corrected chi connectivity index (χ3v) is 1.95. The second kappa shape index (κ2) is 4.92. The van der Waals surface area contributed by atoms with E-state index in [4.69, 9.17) is 4.52 Å². The summed E-state index contributed by atoms with van der Waals surface area (Å²) in [4.78, 5) is 0. The molecule has 0 spiro atoms. The molecule has 0 fully saturated rings. The molecule has 0 bridgehead atoms. The van der Waals surface area contributed by atoms with Gasteiger partial charge in [0, 0.05) is 13.3 Å². The summed E-state index contributed by atoms with van der Waals surface area (Å²) in [6.45, 7) is 6.09. The van der Waals surface area contributed by atoms with Gasteiger partial charge >= 0.3 is 0 Å². The molecule has 0 atom stereocenters. The molecule has 0 aliphatic heterocycles. The molecule has 0 N–H and O–H groups in total. The molecule has 10 heavy (non-hydrogen) atoms. The Kier molecular flexibility index (Phi) is 5.02. The molecule has 0 aromatic rings. The third-order valence-electron chi connectivity index (χ3n) is 1.15. The Hall–Kier alpha value is 0.190. The lowest BCUT2D eigenvalue weighted by Crippen LogP contribution is -1.90. The molecular weight excluding hydrogens is 147 g/mol. The molecule has 0 saturated heterocycles. The Bertz CT molecular complexity index is 117. The van der Waals surface area contributed by atoms with Crippen LogP contribution in [0.3, 0.4) is 0 Å². The van der Waals surface area contributed by atoms with Gasteiger partial charge in [-0.05, 0) is 6.42 Å². The van der Waals surface area contributed by atoms with Crippen molar-refractivity contribution in [2.24, 2.45) is 0 Å². The predicted octanol–water partition coefficient (Wildman–Crippen LogP) is 2.73. The van der Waals surface area contributed by atoms with E-state index < -0.39 is 7.37 Å². The van der Waals surface area contributed by atoms with Crippen LogP contribution < -0.4 is 0 Å². The van der Waals surface area contributed by atoms with Crippen LogP contribution in [0.1, 0.15) is 26.2 Å². The molecule has 0 saturated carbocycles. The van der Waals surface area contributed by atoms with Gasteiger partial charge in [0.1, 0.15) is 0 Å². The highest BCUT2D eigenvalue weighted by Crippen LogP contribution is 2.37. The van der Waals surface area contributed by atoms with Crippen molar-refractivity contribution in [1.82, 2.24) is 0 Å². The van der Waals surface area contributed by atoms with Crippen molar-refractivity contribution < 1.29 is 9.09 Å². The lowest BCUT2D eigenvalue weighted by molar-refractivity contribution is 0.310. The molecule has 0 aliphatic rings. The maximum atomic E-state index is 11.0. The molecule has 0 radical (unpaired) electrons. The summed E-state index contributed by atoms with van der Waals surface area (Å²) in [6, 6.07) is 0. The van der Waals surface area contributed by atoms with Crippen LogP contribution in [0.5, 0.6) is 0 Å². The maximum Gasteiger partial charge on any atom is 0.197 e. The maximum absolute atomic E-state index is 11.0. The van der Waals surface area contributed by atoms with E-state index in [2.05, 4.69) is 6.92 Å². The molecule has 0 aliphatic carbocycles. The highest BCUT2D eigenvalue weighted by molar-refractivity contribution is 7.57. The van der Waals surface area contributed by atoms with Crippen LogP contribution in [0.15, 0.2) is 0 Å². The van der Waals surface area contributed by atoms with E-state index in [1.807, 2.05) is 0 Å². The number of hydrogen-bond acceptors (Lipinski definition) is 2. The third kappa shape index (κ3) is 8.19. The summed E-state index contributed by atoms with van der Waals surface area (Å²) >= 11 is 0. The molecule has 0 aromatic heterocycles. The fraction of sp³-hybridized carbons (Fsp3) is 1.00. The van der Waals surface area contributed by atoms with Gasteiger partial charge in [0.25, 0.3) is 0 Å². The zero-order valence-electron chi connectivity index (χ0n) is 7.09. The van der Waals surface area contributed by atoms with Gasteiger partial charge in [-0.3, -0.25) is 4.57 Å². The minimum Gasteiger partial charge on any atom is -0.329 e. The quantitative estimate of drug-likeness (QED) is 0.461. The average Bonchev–Trinajstić information content (AvgIpc) is 1.78. The number of hydrogen-bond donors (Lipinski definition) is 0. The first-order valence-electron chi connectivity index (χ1n) is 3.76. The van der Waals surface area contributed by atoms with Crippen LogP contribution in [0.2, 0.25) is 0 Å². The Morgan fingerprint density at radius 1 is 1.30 bits per heavy atom. The molecule has 0 unspecified atom stereocenters. The zero-order valence-corrected chi connectivity index (χ0v) is 7.99. The topological polar surface area (TPSA) is 26.3 Å². The van der Waals surface area contributed by atoms with Gasteiger partial charge in [0.2, 0.25) is 0 Å². The first kappa shape index (κ1) is 10.2. The van der Waals surface area contributed by atoms with E-state index >= 15 is 0 Å². The predicted molar refractivity (Wildman–Crippen MR) is 44.9 cm³/mol. The lowest BCUT2D eigenvalue weighted by Gasteiger charge is -2.06. The van der Waals surface area contributed by atoms with Crippen molar-refractivity contribution in [1.29, 1.82) is 0 Å². The van der Waals surface area contributed by atoms with Crippen molar-refractivity contribution in [3.63, 3.8) is 0 Å². The van der Waals surface area contributed by atoms with Crippen LogP contribution in [-0.2, 0) is 9.09 Å². The summed E-state index contributed by atoms with van der Waals surface area (Å²) in [5.74, 6) is 0. The number of rotatable bonds is 5. The minimum absolute atomic E-state index is 0.651. The van der Waals surface area contributed by atoms with Gasteiger partial charge in [-0.2, -0.15) is 0 Å². The fourth-order valence-corrected chi connectivity index (χ4v) is 1.21. The molecular formula is C7H17O2P. The van der Waals surface area contributed by atoms with Gasteiger partial charge in [-0.25, -0.2) is 0 Å². The molecule has 0 aromatic carbocycles. The second-order valence-corrected chi connectivity index (χ2v) is 5.55. The number of unbranched alkanes of at least 4 members (excludes halogenated alkanes) is 2. The summed E-state index contributed by atoms with van der Waals surface area (Å²) in [5.41, 5.74) is 0. The minimum atomic E-state index is -2.21. The van der Waals surface area contributed by atoms with Crippen LogP contribution in [0.25, 0.3) is 0 Å². The van der Waals surface area contributed by atoms with Crippen molar-refractivity contribution >= 4 is 7.37 Å². The van der Waals surface area contributed by atoms with E-state index in [1.54, 1.807) is 13.3 Å². The molecule has 62 valence electrons. The zero-order chi connectivity index (χ0) is 8.04. The van der Waals surface area contributed by atoms with E-state index in [-0.39, 0.29) is 0 Å². The van der Waals surface area contributed by atoms with E-state index in [9.17, 15) is 4.57 Å². The summed E-state index contributed by atoms with van der Waals surface area (Å²) in [5, 5.41) is 0.